The predicted octanol–water partition coefficient (Wildman–Crippen LogP) is 4.40. The van der Waals surface area contributed by atoms with Crippen molar-refractivity contribution in [1.29, 1.82) is 0 Å². The van der Waals surface area contributed by atoms with Crippen molar-refractivity contribution in [2.45, 2.75) is 70.5 Å². The maximum absolute atomic E-state index is 13.4. The zero-order valence-corrected chi connectivity index (χ0v) is 17.5. The molecule has 2 amide bonds. The number of thiophene rings is 1. The fraction of sp³-hybridized carbons (Fsp3) is 0.500. The van der Waals surface area contributed by atoms with Crippen LogP contribution >= 0.6 is 11.3 Å². The van der Waals surface area contributed by atoms with E-state index in [2.05, 4.69) is 10.3 Å². The summed E-state index contributed by atoms with van der Waals surface area (Å²) in [5.41, 5.74) is -0.569. The van der Waals surface area contributed by atoms with Gasteiger partial charge in [-0.3, -0.25) is 14.6 Å². The van der Waals surface area contributed by atoms with E-state index >= 15 is 0 Å². The van der Waals surface area contributed by atoms with Crippen molar-refractivity contribution >= 4 is 23.2 Å². The molecule has 0 aromatic carbocycles. The van der Waals surface area contributed by atoms with E-state index in [1.165, 1.54) is 6.42 Å². The highest BCUT2D eigenvalue weighted by Gasteiger charge is 2.42. The van der Waals surface area contributed by atoms with E-state index in [4.69, 9.17) is 0 Å². The van der Waals surface area contributed by atoms with Gasteiger partial charge in [-0.2, -0.15) is 0 Å². The molecule has 0 unspecified atom stereocenters. The Hall–Kier alpha value is -2.21. The summed E-state index contributed by atoms with van der Waals surface area (Å²) in [4.78, 5) is 33.7. The fourth-order valence-corrected chi connectivity index (χ4v) is 4.41. The normalized spacial score (nSPS) is 16.9. The van der Waals surface area contributed by atoms with Gasteiger partial charge in [0, 0.05) is 17.1 Å². The van der Waals surface area contributed by atoms with Gasteiger partial charge in [-0.1, -0.05) is 38.3 Å². The number of rotatable bonds is 7. The number of hydrogen-bond acceptors (Lipinski definition) is 4. The number of aromatic nitrogens is 1. The molecule has 0 radical (unpaired) electrons. The number of amides is 2. The number of pyridine rings is 1. The van der Waals surface area contributed by atoms with E-state index < -0.39 is 5.54 Å². The lowest BCUT2D eigenvalue weighted by molar-refractivity contribution is -0.132. The standard InChI is InChI=1S/C22H29N3O2S/c1-3-22(2,21(27)24-17-10-5-4-6-11-17)25(16-18-12-9-15-28-18)20(26)19-13-7-8-14-23-19/h7-9,12-15,17H,3-6,10-11,16H2,1-2H3,(H,24,27)/t22-/m0/s1. The molecule has 6 heteroatoms. The molecule has 150 valence electrons. The largest absolute Gasteiger partial charge is 0.351 e. The SMILES string of the molecule is CC[C@@](C)(C(=O)NC1CCCCC1)N(Cc1cccs1)C(=O)c1ccccn1. The highest BCUT2D eigenvalue weighted by molar-refractivity contribution is 7.09. The topological polar surface area (TPSA) is 62.3 Å². The Morgan fingerprint density at radius 3 is 2.61 bits per heavy atom. The van der Waals surface area contributed by atoms with Crippen LogP contribution in [0.2, 0.25) is 0 Å². The van der Waals surface area contributed by atoms with Gasteiger partial charge in [-0.05, 0) is 49.8 Å². The Balaban J connectivity index is 1.88. The van der Waals surface area contributed by atoms with Crippen molar-refractivity contribution in [2.24, 2.45) is 0 Å². The number of carbonyl (C=O) groups is 2. The molecule has 3 rings (SSSR count). The first-order chi connectivity index (χ1) is 13.5. The summed E-state index contributed by atoms with van der Waals surface area (Å²) in [6.07, 6.45) is 7.73. The van der Waals surface area contributed by atoms with Gasteiger partial charge >= 0.3 is 0 Å². The van der Waals surface area contributed by atoms with Gasteiger partial charge in [-0.25, -0.2) is 0 Å². The van der Waals surface area contributed by atoms with Crippen LogP contribution in [0.5, 0.6) is 0 Å². The Kier molecular flexibility index (Phi) is 6.83. The molecule has 2 heterocycles. The van der Waals surface area contributed by atoms with E-state index in [0.29, 0.717) is 18.7 Å². The smallest absolute Gasteiger partial charge is 0.273 e. The van der Waals surface area contributed by atoms with Crippen molar-refractivity contribution in [1.82, 2.24) is 15.2 Å². The summed E-state index contributed by atoms with van der Waals surface area (Å²) in [6.45, 7) is 4.24. The van der Waals surface area contributed by atoms with Crippen LogP contribution in [-0.2, 0) is 11.3 Å². The average molecular weight is 400 g/mol. The Labute approximate surface area is 171 Å². The van der Waals surface area contributed by atoms with Crippen LogP contribution in [0.4, 0.5) is 0 Å². The summed E-state index contributed by atoms with van der Waals surface area (Å²) in [5.74, 6) is -0.278. The van der Waals surface area contributed by atoms with Gasteiger partial charge in [-0.15, -0.1) is 11.3 Å². The first-order valence-electron chi connectivity index (χ1n) is 10.1. The second-order valence-electron chi connectivity index (χ2n) is 7.62. The zero-order chi connectivity index (χ0) is 20.0. The first-order valence-corrected chi connectivity index (χ1v) is 11.0. The molecular formula is C22H29N3O2S. The quantitative estimate of drug-likeness (QED) is 0.750. The molecule has 1 saturated carbocycles. The first kappa shape index (κ1) is 20.5. The minimum absolute atomic E-state index is 0.0669. The van der Waals surface area contributed by atoms with E-state index in [1.807, 2.05) is 31.4 Å². The summed E-state index contributed by atoms with van der Waals surface area (Å²) in [5, 5.41) is 5.22. The molecule has 1 atom stereocenters. The molecule has 1 fully saturated rings. The molecule has 0 bridgehead atoms. The molecule has 0 saturated heterocycles. The highest BCUT2D eigenvalue weighted by atomic mass is 32.1. The lowest BCUT2D eigenvalue weighted by Crippen LogP contribution is -2.60. The van der Waals surface area contributed by atoms with Crippen LogP contribution in [0, 0.1) is 0 Å². The summed E-state index contributed by atoms with van der Waals surface area (Å²) in [7, 11) is 0. The van der Waals surface area contributed by atoms with Crippen LogP contribution in [0.15, 0.2) is 41.9 Å². The molecule has 5 nitrogen and oxygen atoms in total. The number of nitrogens with zero attached hydrogens (tertiary/aromatic N) is 2. The maximum atomic E-state index is 13.4. The average Bonchev–Trinajstić information content (AvgIpc) is 3.25. The minimum atomic E-state index is -0.934. The number of hydrogen-bond donors (Lipinski definition) is 1. The van der Waals surface area contributed by atoms with Crippen LogP contribution in [0.1, 0.15) is 67.7 Å². The second-order valence-corrected chi connectivity index (χ2v) is 8.65. The third-order valence-electron chi connectivity index (χ3n) is 5.74. The van der Waals surface area contributed by atoms with E-state index in [1.54, 1.807) is 40.6 Å². The van der Waals surface area contributed by atoms with E-state index in [-0.39, 0.29) is 17.9 Å². The van der Waals surface area contributed by atoms with Crippen molar-refractivity contribution in [2.75, 3.05) is 0 Å². The van der Waals surface area contributed by atoms with Crippen molar-refractivity contribution < 1.29 is 9.59 Å². The Bertz CT molecular complexity index is 772. The third kappa shape index (κ3) is 4.61. The lowest BCUT2D eigenvalue weighted by atomic mass is 9.91. The fourth-order valence-electron chi connectivity index (χ4n) is 3.72. The Morgan fingerprint density at radius 1 is 1.21 bits per heavy atom. The molecule has 0 spiro atoms. The van der Waals surface area contributed by atoms with Crippen LogP contribution < -0.4 is 5.32 Å². The van der Waals surface area contributed by atoms with Crippen LogP contribution in [0.25, 0.3) is 0 Å². The highest BCUT2D eigenvalue weighted by Crippen LogP contribution is 2.27. The molecule has 1 N–H and O–H groups in total. The monoisotopic (exact) mass is 399 g/mol. The van der Waals surface area contributed by atoms with Crippen molar-refractivity contribution in [3.8, 4) is 0 Å². The second kappa shape index (κ2) is 9.32. The van der Waals surface area contributed by atoms with Crippen molar-refractivity contribution in [3.05, 3.63) is 52.5 Å². The molecule has 0 aliphatic heterocycles. The van der Waals surface area contributed by atoms with Gasteiger partial charge in [0.05, 0.1) is 6.54 Å². The van der Waals surface area contributed by atoms with Gasteiger partial charge in [0.15, 0.2) is 0 Å². The summed E-state index contributed by atoms with van der Waals surface area (Å²) >= 11 is 1.59. The van der Waals surface area contributed by atoms with Crippen LogP contribution in [-0.4, -0.2) is 33.3 Å². The van der Waals surface area contributed by atoms with E-state index in [9.17, 15) is 9.59 Å². The number of nitrogens with one attached hydrogen (secondary N) is 1. The number of carbonyl (C=O) groups excluding carboxylic acids is 2. The molecule has 2 aromatic heterocycles. The zero-order valence-electron chi connectivity index (χ0n) is 16.7. The third-order valence-corrected chi connectivity index (χ3v) is 6.60. The van der Waals surface area contributed by atoms with E-state index in [0.717, 1.165) is 30.6 Å². The van der Waals surface area contributed by atoms with Gasteiger partial charge in [0.1, 0.15) is 11.2 Å². The maximum Gasteiger partial charge on any atom is 0.273 e. The minimum Gasteiger partial charge on any atom is -0.351 e. The van der Waals surface area contributed by atoms with Gasteiger partial charge in [0.2, 0.25) is 5.91 Å². The summed E-state index contributed by atoms with van der Waals surface area (Å²) in [6, 6.07) is 9.47. The molecule has 1 aliphatic carbocycles. The predicted molar refractivity (Wildman–Crippen MR) is 112 cm³/mol. The molecular weight excluding hydrogens is 370 g/mol. The summed E-state index contributed by atoms with van der Waals surface area (Å²) < 4.78 is 0. The molecule has 28 heavy (non-hydrogen) atoms. The molecule has 1 aliphatic rings. The molecule has 2 aromatic rings. The van der Waals surface area contributed by atoms with Gasteiger partial charge < -0.3 is 10.2 Å². The van der Waals surface area contributed by atoms with Gasteiger partial charge in [0.25, 0.3) is 5.91 Å². The van der Waals surface area contributed by atoms with Crippen molar-refractivity contribution in [3.63, 3.8) is 0 Å². The van der Waals surface area contributed by atoms with Crippen LogP contribution in [0.3, 0.4) is 0 Å². The lowest BCUT2D eigenvalue weighted by Gasteiger charge is -2.40. The Morgan fingerprint density at radius 2 is 2.00 bits per heavy atom.